The molecule has 4 rings (SSSR count). The van der Waals surface area contributed by atoms with Gasteiger partial charge >= 0.3 is 11.9 Å². The van der Waals surface area contributed by atoms with Crippen LogP contribution in [0.1, 0.15) is 5.56 Å². The van der Waals surface area contributed by atoms with E-state index in [0.29, 0.717) is 37.7 Å². The standard InChI is InChI=1S/C22H21F4N5O2/c23-17-4-6-18(7-5-17)29-8-10-30(11-9-29)20-27-15-31(21(32)28-20)13-16-2-1-3-19(12-16)33-14-22(24,25)26/h1-7,12,15H,8-11,13-14H2. The van der Waals surface area contributed by atoms with Crippen molar-refractivity contribution in [1.82, 2.24) is 14.5 Å². The molecule has 0 radical (unpaired) electrons. The molecule has 0 unspecified atom stereocenters. The first kappa shape index (κ1) is 22.6. The van der Waals surface area contributed by atoms with Crippen LogP contribution in [-0.2, 0) is 6.54 Å². The molecule has 174 valence electrons. The Hall–Kier alpha value is -3.63. The molecule has 0 aliphatic carbocycles. The number of benzene rings is 2. The van der Waals surface area contributed by atoms with Gasteiger partial charge in [-0.3, -0.25) is 4.57 Å². The van der Waals surface area contributed by atoms with E-state index in [0.717, 1.165) is 5.69 Å². The average molecular weight is 463 g/mol. The largest absolute Gasteiger partial charge is 0.484 e. The summed E-state index contributed by atoms with van der Waals surface area (Å²) in [5.74, 6) is 0.0959. The van der Waals surface area contributed by atoms with Crippen LogP contribution in [-0.4, -0.2) is 53.5 Å². The predicted molar refractivity (Wildman–Crippen MR) is 114 cm³/mol. The summed E-state index contributed by atoms with van der Waals surface area (Å²) in [6.45, 7) is 1.24. The second-order valence-electron chi connectivity index (χ2n) is 7.57. The highest BCUT2D eigenvalue weighted by Gasteiger charge is 2.28. The first-order valence-electron chi connectivity index (χ1n) is 10.2. The highest BCUT2D eigenvalue weighted by molar-refractivity contribution is 5.48. The molecule has 3 aromatic rings. The third kappa shape index (κ3) is 5.99. The molecule has 1 aliphatic heterocycles. The van der Waals surface area contributed by atoms with E-state index >= 15 is 0 Å². The molecule has 1 aliphatic rings. The summed E-state index contributed by atoms with van der Waals surface area (Å²) in [4.78, 5) is 24.9. The zero-order valence-electron chi connectivity index (χ0n) is 17.5. The number of hydrogen-bond donors (Lipinski definition) is 0. The van der Waals surface area contributed by atoms with Gasteiger partial charge in [-0.05, 0) is 42.0 Å². The fourth-order valence-electron chi connectivity index (χ4n) is 3.52. The van der Waals surface area contributed by atoms with Crippen LogP contribution in [0.5, 0.6) is 5.75 Å². The first-order valence-corrected chi connectivity index (χ1v) is 10.2. The molecule has 0 spiro atoms. The minimum atomic E-state index is -4.43. The van der Waals surface area contributed by atoms with Crippen LogP contribution < -0.4 is 20.2 Å². The lowest BCUT2D eigenvalue weighted by molar-refractivity contribution is -0.153. The molecular weight excluding hydrogens is 442 g/mol. The Bertz CT molecular complexity index is 1140. The predicted octanol–water partition coefficient (Wildman–Crippen LogP) is 3.09. The van der Waals surface area contributed by atoms with Gasteiger partial charge in [0, 0.05) is 31.9 Å². The molecule has 2 heterocycles. The second kappa shape index (κ2) is 9.47. The van der Waals surface area contributed by atoms with Crippen LogP contribution in [0.25, 0.3) is 0 Å². The third-order valence-electron chi connectivity index (χ3n) is 5.16. The minimum absolute atomic E-state index is 0.0643. The van der Waals surface area contributed by atoms with Crippen LogP contribution in [0.15, 0.2) is 59.7 Å². The average Bonchev–Trinajstić information content (AvgIpc) is 2.80. The van der Waals surface area contributed by atoms with Crippen molar-refractivity contribution in [3.63, 3.8) is 0 Å². The molecule has 2 aromatic carbocycles. The van der Waals surface area contributed by atoms with E-state index in [1.165, 1.54) is 35.2 Å². The Morgan fingerprint density at radius 3 is 2.33 bits per heavy atom. The van der Waals surface area contributed by atoms with E-state index < -0.39 is 18.5 Å². The number of ether oxygens (including phenoxy) is 1. The minimum Gasteiger partial charge on any atom is -0.484 e. The lowest BCUT2D eigenvalue weighted by Gasteiger charge is -2.36. The third-order valence-corrected chi connectivity index (χ3v) is 5.16. The molecule has 1 aromatic heterocycles. The van der Waals surface area contributed by atoms with Crippen LogP contribution in [0.2, 0.25) is 0 Å². The van der Waals surface area contributed by atoms with Gasteiger partial charge in [0.2, 0.25) is 5.95 Å². The Balaban J connectivity index is 1.38. The highest BCUT2D eigenvalue weighted by Crippen LogP contribution is 2.20. The molecule has 0 atom stereocenters. The van der Waals surface area contributed by atoms with Gasteiger partial charge in [0.25, 0.3) is 0 Å². The van der Waals surface area contributed by atoms with Crippen molar-refractivity contribution in [2.45, 2.75) is 12.7 Å². The van der Waals surface area contributed by atoms with Gasteiger partial charge in [0.15, 0.2) is 6.61 Å². The summed E-state index contributed by atoms with van der Waals surface area (Å²) in [5, 5.41) is 0. The van der Waals surface area contributed by atoms with Crippen LogP contribution >= 0.6 is 0 Å². The summed E-state index contributed by atoms with van der Waals surface area (Å²) >= 11 is 0. The zero-order chi connectivity index (χ0) is 23.4. The maximum Gasteiger partial charge on any atom is 0.422 e. The lowest BCUT2D eigenvalue weighted by atomic mass is 10.2. The van der Waals surface area contributed by atoms with Crippen molar-refractivity contribution in [1.29, 1.82) is 0 Å². The van der Waals surface area contributed by atoms with Crippen molar-refractivity contribution in [3.05, 3.63) is 76.7 Å². The van der Waals surface area contributed by atoms with E-state index in [-0.39, 0.29) is 18.1 Å². The maximum absolute atomic E-state index is 13.1. The number of piperazine rings is 1. The van der Waals surface area contributed by atoms with Crippen LogP contribution in [0.4, 0.5) is 29.2 Å². The molecule has 7 nitrogen and oxygen atoms in total. The molecule has 0 saturated carbocycles. The fraction of sp³-hybridized carbons (Fsp3) is 0.318. The van der Waals surface area contributed by atoms with Gasteiger partial charge in [0.1, 0.15) is 17.9 Å². The number of anilines is 2. The number of alkyl halides is 3. The molecule has 11 heteroatoms. The van der Waals surface area contributed by atoms with Crippen molar-refractivity contribution >= 4 is 11.6 Å². The Morgan fingerprint density at radius 2 is 1.67 bits per heavy atom. The SMILES string of the molecule is O=c1nc(N2CCN(c3ccc(F)cc3)CC2)ncn1Cc1cccc(OCC(F)(F)F)c1. The molecule has 33 heavy (non-hydrogen) atoms. The Morgan fingerprint density at radius 1 is 0.970 bits per heavy atom. The summed E-state index contributed by atoms with van der Waals surface area (Å²) < 4.78 is 56.2. The summed E-state index contributed by atoms with van der Waals surface area (Å²) in [6, 6.07) is 12.4. The van der Waals surface area contributed by atoms with E-state index in [9.17, 15) is 22.4 Å². The van der Waals surface area contributed by atoms with Crippen molar-refractivity contribution < 1.29 is 22.3 Å². The topological polar surface area (TPSA) is 63.5 Å². The number of rotatable bonds is 6. The molecular formula is C22H21F4N5O2. The molecule has 0 N–H and O–H groups in total. The number of hydrogen-bond acceptors (Lipinski definition) is 6. The van der Waals surface area contributed by atoms with E-state index in [1.54, 1.807) is 24.3 Å². The monoisotopic (exact) mass is 463 g/mol. The summed E-state index contributed by atoms with van der Waals surface area (Å²) in [5.41, 5.74) is 0.998. The smallest absolute Gasteiger partial charge is 0.422 e. The van der Waals surface area contributed by atoms with Gasteiger partial charge in [-0.15, -0.1) is 0 Å². The van der Waals surface area contributed by atoms with Crippen molar-refractivity contribution in [2.24, 2.45) is 0 Å². The van der Waals surface area contributed by atoms with Crippen LogP contribution in [0.3, 0.4) is 0 Å². The lowest BCUT2D eigenvalue weighted by Crippen LogP contribution is -2.47. The zero-order valence-corrected chi connectivity index (χ0v) is 17.5. The normalized spacial score (nSPS) is 14.4. The Kier molecular flexibility index (Phi) is 6.47. The second-order valence-corrected chi connectivity index (χ2v) is 7.57. The molecule has 1 fully saturated rings. The van der Waals surface area contributed by atoms with E-state index in [2.05, 4.69) is 14.9 Å². The first-order chi connectivity index (χ1) is 15.8. The highest BCUT2D eigenvalue weighted by atomic mass is 19.4. The van der Waals surface area contributed by atoms with E-state index in [4.69, 9.17) is 4.74 Å². The van der Waals surface area contributed by atoms with Crippen LogP contribution in [0, 0.1) is 5.82 Å². The number of halogens is 4. The van der Waals surface area contributed by atoms with Gasteiger partial charge in [-0.25, -0.2) is 14.2 Å². The number of nitrogens with zero attached hydrogens (tertiary/aromatic N) is 5. The quantitative estimate of drug-likeness (QED) is 0.524. The van der Waals surface area contributed by atoms with Gasteiger partial charge in [-0.2, -0.15) is 18.2 Å². The maximum atomic E-state index is 13.1. The molecule has 0 amide bonds. The van der Waals surface area contributed by atoms with Crippen molar-refractivity contribution in [3.8, 4) is 5.75 Å². The Labute approximate surface area is 186 Å². The fourth-order valence-corrected chi connectivity index (χ4v) is 3.52. The molecule has 0 bridgehead atoms. The van der Waals surface area contributed by atoms with Gasteiger partial charge < -0.3 is 14.5 Å². The summed E-state index contributed by atoms with van der Waals surface area (Å²) in [6.07, 6.45) is -3.05. The van der Waals surface area contributed by atoms with Crippen molar-refractivity contribution in [2.75, 3.05) is 42.6 Å². The van der Waals surface area contributed by atoms with Gasteiger partial charge in [0.05, 0.1) is 6.54 Å². The summed E-state index contributed by atoms with van der Waals surface area (Å²) in [7, 11) is 0. The molecule has 1 saturated heterocycles. The van der Waals surface area contributed by atoms with E-state index in [1.807, 2.05) is 4.90 Å². The number of aromatic nitrogens is 3. The van der Waals surface area contributed by atoms with Gasteiger partial charge in [-0.1, -0.05) is 12.1 Å².